The second-order valence-electron chi connectivity index (χ2n) is 5.80. The lowest BCUT2D eigenvalue weighted by atomic mass is 10.1. The van der Waals surface area contributed by atoms with Gasteiger partial charge in [-0.05, 0) is 25.1 Å². The molecule has 1 heterocycles. The number of nitrogens with zero attached hydrogens (tertiary/aromatic N) is 2. The maximum absolute atomic E-state index is 12.5. The molecule has 0 radical (unpaired) electrons. The predicted molar refractivity (Wildman–Crippen MR) is 105 cm³/mol. The van der Waals surface area contributed by atoms with Crippen LogP contribution in [0.5, 0.6) is 0 Å². The lowest BCUT2D eigenvalue weighted by molar-refractivity contribution is -0.384. The van der Waals surface area contributed by atoms with E-state index in [1.165, 1.54) is 6.07 Å². The molecule has 142 valence electrons. The van der Waals surface area contributed by atoms with Crippen molar-refractivity contribution in [3.05, 3.63) is 74.1 Å². The zero-order chi connectivity index (χ0) is 20.3. The number of nitro groups is 1. The number of thiazole rings is 1. The molecular formula is C19H15N3O5S. The number of hydrogen-bond donors (Lipinski definition) is 1. The standard InChI is InChI=1S/C19H15N3O5S/c1-11-20-17(10-28-11)12-3-5-15(6-4-12)21-18(23)13-7-14(19(24)27-2)9-16(8-13)22(25)26/h3-10H,1-2H3,(H,21,23). The molecule has 0 atom stereocenters. The number of anilines is 1. The molecule has 0 aliphatic heterocycles. The number of esters is 1. The van der Waals surface area contributed by atoms with Gasteiger partial charge in [0.05, 0.1) is 28.3 Å². The Balaban J connectivity index is 1.83. The number of methoxy groups -OCH3 is 1. The Labute approximate surface area is 164 Å². The molecule has 0 spiro atoms. The van der Waals surface area contributed by atoms with Gasteiger partial charge in [0, 0.05) is 34.3 Å². The normalized spacial score (nSPS) is 10.4. The van der Waals surface area contributed by atoms with Crippen molar-refractivity contribution in [1.82, 2.24) is 4.98 Å². The Morgan fingerprint density at radius 2 is 1.82 bits per heavy atom. The summed E-state index contributed by atoms with van der Waals surface area (Å²) in [4.78, 5) is 39.0. The van der Waals surface area contributed by atoms with Crippen LogP contribution in [0.15, 0.2) is 47.8 Å². The average Bonchev–Trinajstić information content (AvgIpc) is 3.13. The molecule has 0 aliphatic rings. The zero-order valence-electron chi connectivity index (χ0n) is 15.0. The number of carbonyl (C=O) groups excluding carboxylic acids is 2. The third kappa shape index (κ3) is 4.21. The van der Waals surface area contributed by atoms with E-state index in [1.54, 1.807) is 23.5 Å². The summed E-state index contributed by atoms with van der Waals surface area (Å²) in [6, 6.07) is 10.5. The fourth-order valence-corrected chi connectivity index (χ4v) is 3.13. The van der Waals surface area contributed by atoms with E-state index in [9.17, 15) is 19.7 Å². The van der Waals surface area contributed by atoms with Crippen LogP contribution in [0.1, 0.15) is 25.7 Å². The molecule has 9 heteroatoms. The Kier molecular flexibility index (Phi) is 5.46. The van der Waals surface area contributed by atoms with Crippen molar-refractivity contribution >= 4 is 34.6 Å². The third-order valence-electron chi connectivity index (χ3n) is 3.87. The Morgan fingerprint density at radius 1 is 1.14 bits per heavy atom. The lowest BCUT2D eigenvalue weighted by Gasteiger charge is -2.08. The maximum atomic E-state index is 12.5. The van der Waals surface area contributed by atoms with E-state index < -0.39 is 16.8 Å². The highest BCUT2D eigenvalue weighted by molar-refractivity contribution is 7.09. The summed E-state index contributed by atoms with van der Waals surface area (Å²) in [6.07, 6.45) is 0. The van der Waals surface area contributed by atoms with Crippen LogP contribution in [0.4, 0.5) is 11.4 Å². The van der Waals surface area contributed by atoms with Gasteiger partial charge in [0.1, 0.15) is 0 Å². The van der Waals surface area contributed by atoms with Crippen LogP contribution in [0.3, 0.4) is 0 Å². The molecule has 0 saturated carbocycles. The number of aryl methyl sites for hydroxylation is 1. The quantitative estimate of drug-likeness (QED) is 0.395. The minimum Gasteiger partial charge on any atom is -0.465 e. The van der Waals surface area contributed by atoms with Crippen molar-refractivity contribution < 1.29 is 19.2 Å². The average molecular weight is 397 g/mol. The largest absolute Gasteiger partial charge is 0.465 e. The molecule has 3 aromatic rings. The summed E-state index contributed by atoms with van der Waals surface area (Å²) in [5.41, 5.74) is 1.80. The van der Waals surface area contributed by atoms with E-state index >= 15 is 0 Å². The molecule has 8 nitrogen and oxygen atoms in total. The highest BCUT2D eigenvalue weighted by Crippen LogP contribution is 2.24. The number of hydrogen-bond acceptors (Lipinski definition) is 7. The van der Waals surface area contributed by atoms with Crippen LogP contribution >= 0.6 is 11.3 Å². The van der Waals surface area contributed by atoms with Gasteiger partial charge < -0.3 is 10.1 Å². The number of amides is 1. The van der Waals surface area contributed by atoms with Crippen molar-refractivity contribution in [3.8, 4) is 11.3 Å². The van der Waals surface area contributed by atoms with Gasteiger partial charge in [-0.15, -0.1) is 11.3 Å². The maximum Gasteiger partial charge on any atom is 0.338 e. The smallest absolute Gasteiger partial charge is 0.338 e. The van der Waals surface area contributed by atoms with Crippen LogP contribution in [0.2, 0.25) is 0 Å². The fourth-order valence-electron chi connectivity index (χ4n) is 2.51. The van der Waals surface area contributed by atoms with Crippen LogP contribution in [-0.2, 0) is 4.74 Å². The minimum absolute atomic E-state index is 0.0196. The molecule has 1 amide bonds. The van der Waals surface area contributed by atoms with Crippen molar-refractivity contribution in [3.63, 3.8) is 0 Å². The second-order valence-corrected chi connectivity index (χ2v) is 6.86. The van der Waals surface area contributed by atoms with Crippen LogP contribution < -0.4 is 5.32 Å². The van der Waals surface area contributed by atoms with Crippen molar-refractivity contribution in [2.24, 2.45) is 0 Å². The molecule has 0 bridgehead atoms. The summed E-state index contributed by atoms with van der Waals surface area (Å²) >= 11 is 1.55. The van der Waals surface area contributed by atoms with Gasteiger partial charge in [-0.25, -0.2) is 9.78 Å². The summed E-state index contributed by atoms with van der Waals surface area (Å²) in [7, 11) is 1.16. The van der Waals surface area contributed by atoms with E-state index in [2.05, 4.69) is 15.0 Å². The number of nitrogens with one attached hydrogen (secondary N) is 1. The van der Waals surface area contributed by atoms with Gasteiger partial charge in [-0.1, -0.05) is 12.1 Å². The van der Waals surface area contributed by atoms with Crippen molar-refractivity contribution in [2.75, 3.05) is 12.4 Å². The van der Waals surface area contributed by atoms with E-state index in [-0.39, 0.29) is 16.8 Å². The number of rotatable bonds is 5. The first kappa shape index (κ1) is 19.2. The van der Waals surface area contributed by atoms with Gasteiger partial charge in [-0.3, -0.25) is 14.9 Å². The van der Waals surface area contributed by atoms with Crippen LogP contribution in [0.25, 0.3) is 11.3 Å². The highest BCUT2D eigenvalue weighted by Gasteiger charge is 2.18. The van der Waals surface area contributed by atoms with E-state index in [0.29, 0.717) is 5.69 Å². The molecule has 0 unspecified atom stereocenters. The van der Waals surface area contributed by atoms with Gasteiger partial charge in [0.15, 0.2) is 0 Å². The molecular weight excluding hydrogens is 382 g/mol. The number of ether oxygens (including phenoxy) is 1. The molecule has 3 rings (SSSR count). The molecule has 28 heavy (non-hydrogen) atoms. The first-order valence-corrected chi connectivity index (χ1v) is 8.97. The van der Waals surface area contributed by atoms with Gasteiger partial charge in [0.2, 0.25) is 0 Å². The molecule has 2 aromatic carbocycles. The van der Waals surface area contributed by atoms with E-state index in [0.717, 1.165) is 35.5 Å². The van der Waals surface area contributed by atoms with E-state index in [4.69, 9.17) is 0 Å². The van der Waals surface area contributed by atoms with Crippen LogP contribution in [-0.4, -0.2) is 28.9 Å². The zero-order valence-corrected chi connectivity index (χ0v) is 15.8. The lowest BCUT2D eigenvalue weighted by Crippen LogP contribution is -2.14. The van der Waals surface area contributed by atoms with E-state index in [1.807, 2.05) is 24.4 Å². The number of nitro benzene ring substituents is 1. The molecule has 1 N–H and O–H groups in total. The molecule has 0 fully saturated rings. The first-order chi connectivity index (χ1) is 13.4. The Hall–Kier alpha value is -3.59. The Morgan fingerprint density at radius 3 is 2.39 bits per heavy atom. The van der Waals surface area contributed by atoms with Crippen LogP contribution in [0, 0.1) is 17.0 Å². The summed E-state index contributed by atoms with van der Waals surface area (Å²) in [5, 5.41) is 16.7. The number of aromatic nitrogens is 1. The molecule has 1 aromatic heterocycles. The molecule has 0 saturated heterocycles. The SMILES string of the molecule is COC(=O)c1cc(C(=O)Nc2ccc(-c3csc(C)n3)cc2)cc([N+](=O)[O-])c1. The van der Waals surface area contributed by atoms with Crippen molar-refractivity contribution in [1.29, 1.82) is 0 Å². The number of benzene rings is 2. The highest BCUT2D eigenvalue weighted by atomic mass is 32.1. The predicted octanol–water partition coefficient (Wildman–Crippen LogP) is 4.07. The summed E-state index contributed by atoms with van der Waals surface area (Å²) < 4.78 is 4.58. The van der Waals surface area contributed by atoms with Crippen molar-refractivity contribution in [2.45, 2.75) is 6.92 Å². The van der Waals surface area contributed by atoms with Gasteiger partial charge in [0.25, 0.3) is 11.6 Å². The summed E-state index contributed by atoms with van der Waals surface area (Å²) in [6.45, 7) is 1.92. The minimum atomic E-state index is -0.763. The number of non-ortho nitro benzene ring substituents is 1. The second kappa shape index (κ2) is 7.97. The number of carbonyl (C=O) groups is 2. The monoisotopic (exact) mass is 397 g/mol. The fraction of sp³-hybridized carbons (Fsp3) is 0.105. The molecule has 0 aliphatic carbocycles. The van der Waals surface area contributed by atoms with Gasteiger partial charge >= 0.3 is 5.97 Å². The first-order valence-electron chi connectivity index (χ1n) is 8.09. The Bertz CT molecular complexity index is 1060. The third-order valence-corrected chi connectivity index (χ3v) is 4.64. The topological polar surface area (TPSA) is 111 Å². The summed E-state index contributed by atoms with van der Waals surface area (Å²) in [5.74, 6) is -1.34. The van der Waals surface area contributed by atoms with Gasteiger partial charge in [-0.2, -0.15) is 0 Å².